The molecule has 18 heteroatoms. The van der Waals surface area contributed by atoms with E-state index in [1.807, 2.05) is 0 Å². The number of nitrogens with two attached hydrogens (primary N) is 1. The predicted octanol–water partition coefficient (Wildman–Crippen LogP) is 5.25. The quantitative estimate of drug-likeness (QED) is 0.110. The molecule has 47 heavy (non-hydrogen) atoms. The van der Waals surface area contributed by atoms with E-state index < -0.39 is 71.0 Å². The molecule has 11 nitrogen and oxygen atoms in total. The van der Waals surface area contributed by atoms with Crippen LogP contribution in [0.25, 0.3) is 16.6 Å². The van der Waals surface area contributed by atoms with E-state index in [1.165, 1.54) is 47.4 Å². The largest absolute Gasteiger partial charge is 0.485 e. The number of aromatic amines is 1. The van der Waals surface area contributed by atoms with Gasteiger partial charge in [-0.1, -0.05) is 6.07 Å². The lowest BCUT2D eigenvalue weighted by Gasteiger charge is -2.23. The summed E-state index contributed by atoms with van der Waals surface area (Å²) in [6.07, 6.45) is -3.52. The number of aromatic nitrogens is 3. The molecule has 250 valence electrons. The normalized spacial score (nSPS) is 15.0. The summed E-state index contributed by atoms with van der Waals surface area (Å²) in [6.45, 7) is 0.572. The van der Waals surface area contributed by atoms with Gasteiger partial charge in [-0.05, 0) is 48.9 Å². The van der Waals surface area contributed by atoms with Crippen LogP contribution in [0, 0.1) is 11.6 Å². The Morgan fingerprint density at radius 3 is 2.51 bits per heavy atom. The first-order valence-electron chi connectivity index (χ1n) is 13.7. The lowest BCUT2D eigenvalue weighted by molar-refractivity contribution is 0.0823. The van der Waals surface area contributed by atoms with Crippen LogP contribution in [0.2, 0.25) is 0 Å². The fourth-order valence-electron chi connectivity index (χ4n) is 4.62. The third-order valence-electron chi connectivity index (χ3n) is 6.83. The summed E-state index contributed by atoms with van der Waals surface area (Å²) in [6, 6.07) is 7.05. The minimum atomic E-state index is -4.32. The molecule has 3 heterocycles. The molecule has 0 radical (unpaired) electrons. The van der Waals surface area contributed by atoms with Gasteiger partial charge in [-0.25, -0.2) is 39.4 Å². The molecule has 0 aliphatic carbocycles. The number of fused-ring (bicyclic) bond motifs is 1. The molecule has 1 aliphatic rings. The molecule has 0 bridgehead atoms. The lowest BCUT2D eigenvalue weighted by atomic mass is 10.1. The molecule has 0 saturated heterocycles. The van der Waals surface area contributed by atoms with Gasteiger partial charge in [0.2, 0.25) is 22.2 Å². The predicted molar refractivity (Wildman–Crippen MR) is 160 cm³/mol. The molecule has 0 amide bonds. The maximum Gasteiger partial charge on any atom is 0.272 e. The van der Waals surface area contributed by atoms with Crippen molar-refractivity contribution in [1.29, 1.82) is 0 Å². The summed E-state index contributed by atoms with van der Waals surface area (Å²) in [5, 5.41) is 7.29. The minimum absolute atomic E-state index is 0.0350. The van der Waals surface area contributed by atoms with Crippen molar-refractivity contribution >= 4 is 43.9 Å². The van der Waals surface area contributed by atoms with E-state index in [2.05, 4.69) is 20.1 Å². The van der Waals surface area contributed by atoms with E-state index in [-0.39, 0.29) is 39.4 Å². The van der Waals surface area contributed by atoms with Crippen LogP contribution < -0.4 is 25.2 Å². The molecule has 2 aromatic carbocycles. The van der Waals surface area contributed by atoms with Crippen LogP contribution >= 0.6 is 0 Å². The molecule has 1 atom stereocenters. The molecule has 0 spiro atoms. The standard InChI is InChI=1S/C29H26F6N6O5S/c1-14-7-26(46-28-17(30)3-2-4-18(28)31)37-12-22(14)41-29(36)16(11-38-41)27(42)21-8-15-9-23(45-13-25(34)35)20(10-19(15)39-21)40-47(43,44)6-5-24(32)33/h2-4,7-12,24-26,37,39-40H,5-6,13,36H2,1H3. The van der Waals surface area contributed by atoms with Crippen molar-refractivity contribution < 1.29 is 49.0 Å². The number of alkyl halides is 4. The number of hydrogen-bond acceptors (Lipinski definition) is 8. The molecular formula is C29H26F6N6O5S. The fraction of sp³-hybridized carbons (Fsp3) is 0.241. The first-order valence-corrected chi connectivity index (χ1v) is 15.4. The Labute approximate surface area is 263 Å². The number of carbonyl (C=O) groups excluding carboxylic acids is 1. The van der Waals surface area contributed by atoms with Crippen molar-refractivity contribution in [3.63, 3.8) is 0 Å². The Bertz CT molecular complexity index is 1970. The Balaban J connectivity index is 1.39. The van der Waals surface area contributed by atoms with Crippen LogP contribution in [0.3, 0.4) is 0 Å². The first-order chi connectivity index (χ1) is 22.2. The second-order valence-corrected chi connectivity index (χ2v) is 12.1. The Morgan fingerprint density at radius 2 is 1.85 bits per heavy atom. The molecule has 2 aromatic heterocycles. The van der Waals surface area contributed by atoms with E-state index in [1.54, 1.807) is 6.92 Å². The van der Waals surface area contributed by atoms with Gasteiger partial charge < -0.3 is 25.5 Å². The Hall–Kier alpha value is -5.13. The Kier molecular flexibility index (Phi) is 9.41. The van der Waals surface area contributed by atoms with Crippen molar-refractivity contribution in [1.82, 2.24) is 20.1 Å². The van der Waals surface area contributed by atoms with Gasteiger partial charge >= 0.3 is 0 Å². The number of anilines is 2. The lowest BCUT2D eigenvalue weighted by Crippen LogP contribution is -2.33. The van der Waals surface area contributed by atoms with Gasteiger partial charge in [-0.2, -0.15) is 5.10 Å². The summed E-state index contributed by atoms with van der Waals surface area (Å²) in [5.41, 5.74) is 7.00. The number of nitrogens with zero attached hydrogens (tertiary/aromatic N) is 2. The zero-order chi connectivity index (χ0) is 34.0. The number of rotatable bonds is 13. The number of hydrogen-bond donors (Lipinski definition) is 4. The van der Waals surface area contributed by atoms with Crippen LogP contribution in [0.4, 0.5) is 37.8 Å². The smallest absolute Gasteiger partial charge is 0.272 e. The molecule has 0 saturated carbocycles. The van der Waals surface area contributed by atoms with Crippen molar-refractivity contribution in [2.45, 2.75) is 32.4 Å². The molecular weight excluding hydrogens is 658 g/mol. The number of H-pyrrole nitrogens is 1. The average Bonchev–Trinajstić information content (AvgIpc) is 3.59. The van der Waals surface area contributed by atoms with Crippen molar-refractivity contribution in [2.24, 2.45) is 0 Å². The molecule has 1 aliphatic heterocycles. The van der Waals surface area contributed by atoms with Gasteiger partial charge in [0.15, 0.2) is 23.6 Å². The van der Waals surface area contributed by atoms with E-state index in [0.717, 1.165) is 12.1 Å². The van der Waals surface area contributed by atoms with E-state index in [9.17, 15) is 39.6 Å². The van der Waals surface area contributed by atoms with E-state index >= 15 is 0 Å². The molecule has 5 N–H and O–H groups in total. The second kappa shape index (κ2) is 13.3. The third-order valence-corrected chi connectivity index (χ3v) is 8.14. The van der Waals surface area contributed by atoms with Crippen molar-refractivity contribution in [3.8, 4) is 11.5 Å². The van der Waals surface area contributed by atoms with Gasteiger partial charge in [0.1, 0.15) is 18.2 Å². The number of dihydropyridines is 1. The SMILES string of the molecule is CC1=CC(Oc2c(F)cccc2F)NC=C1n1ncc(C(=O)c2cc3cc(OCC(F)F)c(NS(=O)(=O)CCC(F)F)cc3[nH]2)c1N. The van der Waals surface area contributed by atoms with Crippen molar-refractivity contribution in [3.05, 3.63) is 83.3 Å². The number of nitrogens with one attached hydrogen (secondary N) is 3. The number of halogens is 6. The van der Waals surface area contributed by atoms with Gasteiger partial charge in [0.05, 0.1) is 34.6 Å². The highest BCUT2D eigenvalue weighted by Gasteiger charge is 2.25. The third kappa shape index (κ3) is 7.48. The molecule has 4 aromatic rings. The van der Waals surface area contributed by atoms with Crippen LogP contribution in [0.1, 0.15) is 29.4 Å². The van der Waals surface area contributed by atoms with E-state index in [0.29, 0.717) is 11.3 Å². The highest BCUT2D eigenvalue weighted by atomic mass is 32.2. The zero-order valence-electron chi connectivity index (χ0n) is 24.2. The first kappa shape index (κ1) is 33.2. The zero-order valence-corrected chi connectivity index (χ0v) is 25.1. The number of ketones is 1. The number of ether oxygens (including phenoxy) is 2. The van der Waals surface area contributed by atoms with Crippen LogP contribution in [0.5, 0.6) is 11.5 Å². The fourth-order valence-corrected chi connectivity index (χ4v) is 5.71. The van der Waals surface area contributed by atoms with Gasteiger partial charge in [0.25, 0.3) is 6.43 Å². The molecule has 1 unspecified atom stereocenters. The summed E-state index contributed by atoms with van der Waals surface area (Å²) < 4.78 is 118. The number of nitrogen functional groups attached to an aromatic ring is 1. The minimum Gasteiger partial charge on any atom is -0.485 e. The summed E-state index contributed by atoms with van der Waals surface area (Å²) in [5.74, 6) is -4.31. The Morgan fingerprint density at radius 1 is 1.13 bits per heavy atom. The summed E-state index contributed by atoms with van der Waals surface area (Å²) in [7, 11) is -4.32. The summed E-state index contributed by atoms with van der Waals surface area (Å²) in [4.78, 5) is 16.3. The van der Waals surface area contributed by atoms with Gasteiger partial charge in [-0.15, -0.1) is 0 Å². The van der Waals surface area contributed by atoms with Crippen molar-refractivity contribution in [2.75, 3.05) is 22.8 Å². The number of benzene rings is 2. The topological polar surface area (TPSA) is 153 Å². The second-order valence-electron chi connectivity index (χ2n) is 10.2. The molecule has 5 rings (SSSR count). The summed E-state index contributed by atoms with van der Waals surface area (Å²) >= 11 is 0. The average molecular weight is 685 g/mol. The van der Waals surface area contributed by atoms with E-state index in [4.69, 9.17) is 15.2 Å². The van der Waals surface area contributed by atoms with Crippen LogP contribution in [-0.4, -0.2) is 60.4 Å². The maximum absolute atomic E-state index is 14.0. The number of sulfonamides is 1. The maximum atomic E-state index is 14.0. The van der Waals surface area contributed by atoms with Gasteiger partial charge in [0, 0.05) is 23.5 Å². The van der Waals surface area contributed by atoms with Crippen LogP contribution in [-0.2, 0) is 10.0 Å². The number of para-hydroxylation sites is 1. The number of allylic oxidation sites excluding steroid dienone is 2. The number of carbonyl (C=O) groups is 1. The highest BCUT2D eigenvalue weighted by Crippen LogP contribution is 2.34. The highest BCUT2D eigenvalue weighted by molar-refractivity contribution is 7.92. The van der Waals surface area contributed by atoms with Gasteiger partial charge in [-0.3, -0.25) is 9.52 Å². The van der Waals surface area contributed by atoms with Crippen LogP contribution in [0.15, 0.2) is 60.4 Å². The molecule has 0 fully saturated rings. The monoisotopic (exact) mass is 684 g/mol.